The van der Waals surface area contributed by atoms with Gasteiger partial charge in [-0.1, -0.05) is 42.5 Å². The normalized spacial score (nSPS) is 8.95. The van der Waals surface area contributed by atoms with E-state index in [1.807, 2.05) is 42.5 Å². The van der Waals surface area contributed by atoms with Crippen LogP contribution in [0, 0.1) is 0 Å². The molecule has 5 nitrogen and oxygen atoms in total. The zero-order valence-electron chi connectivity index (χ0n) is 12.5. The van der Waals surface area contributed by atoms with Crippen molar-refractivity contribution < 1.29 is 71.1 Å². The Bertz CT molecular complexity index is 528. The van der Waals surface area contributed by atoms with E-state index in [-0.39, 0.29) is 51.4 Å². The molecule has 0 atom stereocenters. The van der Waals surface area contributed by atoms with Crippen molar-refractivity contribution in [3.05, 3.63) is 71.5 Å². The molecule has 0 saturated heterocycles. The Morgan fingerprint density at radius 3 is 2.00 bits per heavy atom. The monoisotopic (exact) mass is 327 g/mol. The van der Waals surface area contributed by atoms with Crippen LogP contribution in [0.25, 0.3) is 5.73 Å². The minimum absolute atomic E-state index is 0. The molecule has 0 radical (unpaired) electrons. The first-order chi connectivity index (χ1) is 10.1. The molecule has 3 N–H and O–H groups in total. The minimum atomic E-state index is -1.83. The third-order valence-corrected chi connectivity index (χ3v) is 2.59. The number of benzene rings is 2. The molecule has 2 aromatic carbocycles. The molecule has 0 bridgehead atoms. The topological polar surface area (TPSA) is 90.6 Å². The molecule has 0 aliphatic rings. The summed E-state index contributed by atoms with van der Waals surface area (Å²) in [6, 6.07) is 18.1. The fraction of sp³-hybridized carbons (Fsp3) is 0.188. The van der Waals surface area contributed by atoms with Gasteiger partial charge in [-0.05, 0) is 29.7 Å². The molecule has 6 heteroatoms. The number of rotatable bonds is 5. The van der Waals surface area contributed by atoms with E-state index in [9.17, 15) is 0 Å². The molecule has 0 heterocycles. The van der Waals surface area contributed by atoms with Gasteiger partial charge in [0, 0.05) is 0 Å². The summed E-state index contributed by atoms with van der Waals surface area (Å²) < 4.78 is 5.68. The standard InChI is InChI=1S/C15H16NO.CH2O3.K/c16-11-10-13-6-8-15(9-7-13)17-12-14-4-2-1-3-5-14;2-1(3)4;/h1-9,16H,10-12H2;(H2,2,3,4);/q-1;;+1. The van der Waals surface area contributed by atoms with Crippen LogP contribution in [0.1, 0.15) is 11.1 Å². The first kappa shape index (κ1) is 21.1. The number of ether oxygens (including phenoxy) is 1. The summed E-state index contributed by atoms with van der Waals surface area (Å²) in [5.74, 6) is 0.877. The van der Waals surface area contributed by atoms with Crippen LogP contribution in [-0.2, 0) is 13.0 Å². The van der Waals surface area contributed by atoms with Gasteiger partial charge in [0.05, 0.1) is 0 Å². The van der Waals surface area contributed by atoms with E-state index in [1.54, 1.807) is 0 Å². The van der Waals surface area contributed by atoms with Gasteiger partial charge in [0.15, 0.2) is 0 Å². The van der Waals surface area contributed by atoms with Crippen molar-refractivity contribution in [2.24, 2.45) is 0 Å². The zero-order valence-corrected chi connectivity index (χ0v) is 15.7. The third-order valence-electron chi connectivity index (χ3n) is 2.59. The molecule has 22 heavy (non-hydrogen) atoms. The van der Waals surface area contributed by atoms with E-state index in [1.165, 1.54) is 11.1 Å². The predicted molar refractivity (Wildman–Crippen MR) is 80.8 cm³/mol. The minimum Gasteiger partial charge on any atom is -0.677 e. The van der Waals surface area contributed by atoms with Gasteiger partial charge in [-0.3, -0.25) is 0 Å². The van der Waals surface area contributed by atoms with Crippen LogP contribution in [0.2, 0.25) is 0 Å². The largest absolute Gasteiger partial charge is 1.00 e. The first-order valence-electron chi connectivity index (χ1n) is 6.44. The van der Waals surface area contributed by atoms with Gasteiger partial charge >= 0.3 is 57.5 Å². The molecular weight excluding hydrogens is 309 g/mol. The van der Waals surface area contributed by atoms with Gasteiger partial charge in [0.2, 0.25) is 0 Å². The Labute approximate surface area is 172 Å². The molecule has 0 fully saturated rings. The quantitative estimate of drug-likeness (QED) is 0.804. The third kappa shape index (κ3) is 9.94. The van der Waals surface area contributed by atoms with E-state index in [4.69, 9.17) is 25.5 Å². The van der Waals surface area contributed by atoms with Crippen LogP contribution in [0.3, 0.4) is 0 Å². The molecule has 0 saturated carbocycles. The van der Waals surface area contributed by atoms with Crippen LogP contribution in [0.5, 0.6) is 5.75 Å². The van der Waals surface area contributed by atoms with Crippen molar-refractivity contribution in [3.8, 4) is 5.75 Å². The van der Waals surface area contributed by atoms with E-state index in [2.05, 4.69) is 12.1 Å². The fourth-order valence-corrected chi connectivity index (χ4v) is 1.64. The van der Waals surface area contributed by atoms with Gasteiger partial charge in [0.1, 0.15) is 12.4 Å². The van der Waals surface area contributed by atoms with Crippen LogP contribution in [0.15, 0.2) is 54.6 Å². The Kier molecular flexibility index (Phi) is 12.1. The van der Waals surface area contributed by atoms with E-state index in [0.717, 1.165) is 12.2 Å². The maximum absolute atomic E-state index is 8.56. The van der Waals surface area contributed by atoms with Gasteiger partial charge in [-0.2, -0.15) is 0 Å². The Hall–Kier alpha value is -0.894. The van der Waals surface area contributed by atoms with Crippen LogP contribution in [-0.4, -0.2) is 22.9 Å². The number of carbonyl (C=O) groups is 1. The number of nitrogens with one attached hydrogen (secondary N) is 1. The average molecular weight is 327 g/mol. The van der Waals surface area contributed by atoms with Crippen molar-refractivity contribution >= 4 is 6.16 Å². The second kappa shape index (κ2) is 12.6. The average Bonchev–Trinajstić information content (AvgIpc) is 2.47. The zero-order chi connectivity index (χ0) is 15.5. The smallest absolute Gasteiger partial charge is 0.677 e. The Morgan fingerprint density at radius 1 is 0.955 bits per heavy atom. The molecule has 0 spiro atoms. The number of hydrogen-bond donors (Lipinski definition) is 2. The summed E-state index contributed by atoms with van der Waals surface area (Å²) in [5, 5.41) is 13.9. The van der Waals surface area contributed by atoms with E-state index in [0.29, 0.717) is 13.2 Å². The van der Waals surface area contributed by atoms with Gasteiger partial charge in [-0.25, -0.2) is 4.79 Å². The van der Waals surface area contributed by atoms with E-state index < -0.39 is 6.16 Å². The Morgan fingerprint density at radius 2 is 1.50 bits per heavy atom. The SMILES string of the molecule is O=C(O)O.[K+].[NH-]CCc1ccc(OCc2ccccc2)cc1. The second-order valence-corrected chi connectivity index (χ2v) is 4.20. The van der Waals surface area contributed by atoms with Crippen molar-refractivity contribution in [2.45, 2.75) is 13.0 Å². The number of hydrogen-bond acceptors (Lipinski definition) is 2. The second-order valence-electron chi connectivity index (χ2n) is 4.20. The maximum atomic E-state index is 8.56. The van der Waals surface area contributed by atoms with Crippen molar-refractivity contribution in [1.82, 2.24) is 0 Å². The molecular formula is C16H18KNO4. The molecule has 0 amide bonds. The van der Waals surface area contributed by atoms with E-state index >= 15 is 0 Å². The molecule has 0 aliphatic heterocycles. The van der Waals surface area contributed by atoms with Crippen molar-refractivity contribution in [3.63, 3.8) is 0 Å². The van der Waals surface area contributed by atoms with Gasteiger partial charge in [-0.15, -0.1) is 6.54 Å². The summed E-state index contributed by atoms with van der Waals surface area (Å²) in [4.78, 5) is 8.56. The molecule has 112 valence electrons. The van der Waals surface area contributed by atoms with Crippen LogP contribution >= 0.6 is 0 Å². The summed E-state index contributed by atoms with van der Waals surface area (Å²) in [6.45, 7) is 1.03. The van der Waals surface area contributed by atoms with Crippen molar-refractivity contribution in [2.75, 3.05) is 6.54 Å². The summed E-state index contributed by atoms with van der Waals surface area (Å²) in [7, 11) is 0. The molecule has 0 unspecified atom stereocenters. The number of carboxylic acid groups (broad SMARTS) is 2. The van der Waals surface area contributed by atoms with Crippen LogP contribution < -0.4 is 56.1 Å². The maximum Gasteiger partial charge on any atom is 1.00 e. The molecule has 2 rings (SSSR count). The van der Waals surface area contributed by atoms with Gasteiger partial charge in [0.25, 0.3) is 0 Å². The van der Waals surface area contributed by atoms with Gasteiger partial charge < -0.3 is 20.7 Å². The first-order valence-corrected chi connectivity index (χ1v) is 6.44. The van der Waals surface area contributed by atoms with Crippen LogP contribution in [0.4, 0.5) is 4.79 Å². The summed E-state index contributed by atoms with van der Waals surface area (Å²) >= 11 is 0. The summed E-state index contributed by atoms with van der Waals surface area (Å²) in [5.41, 5.74) is 9.51. The van der Waals surface area contributed by atoms with Crippen molar-refractivity contribution in [1.29, 1.82) is 0 Å². The molecule has 2 aromatic rings. The fourth-order valence-electron chi connectivity index (χ4n) is 1.64. The Balaban J connectivity index is 0.000000791. The predicted octanol–water partition coefficient (Wildman–Crippen LogP) is 1.09. The molecule has 0 aromatic heterocycles. The summed E-state index contributed by atoms with van der Waals surface area (Å²) in [6.07, 6.45) is -1.03. The molecule has 0 aliphatic carbocycles.